The molecule has 0 fully saturated rings. The largest absolute Gasteiger partial charge is 0.464 e. The number of ether oxygens (including phenoxy) is 1. The summed E-state index contributed by atoms with van der Waals surface area (Å²) in [7, 11) is 0. The van der Waals surface area contributed by atoms with Crippen molar-refractivity contribution in [3.05, 3.63) is 181 Å². The van der Waals surface area contributed by atoms with E-state index in [1.807, 2.05) is 24.3 Å². The molecule has 1 unspecified atom stereocenters. The number of anilines is 1. The summed E-state index contributed by atoms with van der Waals surface area (Å²) < 4.78 is 6.77. The van der Waals surface area contributed by atoms with E-state index in [0.29, 0.717) is 5.56 Å². The molecule has 0 aromatic heterocycles. The van der Waals surface area contributed by atoms with Crippen LogP contribution in [0.15, 0.2) is 170 Å². The van der Waals surface area contributed by atoms with Gasteiger partial charge in [0.1, 0.15) is 5.75 Å². The third-order valence-electron chi connectivity index (χ3n) is 10.3. The lowest BCUT2D eigenvalue weighted by molar-refractivity contribution is 0.260. The first-order chi connectivity index (χ1) is 25.2. The van der Waals surface area contributed by atoms with E-state index in [9.17, 15) is 5.26 Å². The van der Waals surface area contributed by atoms with E-state index in [0.717, 1.165) is 39.3 Å². The fraction of sp³-hybridized carbons (Fsp3) is 0.0208. The Morgan fingerprint density at radius 1 is 0.451 bits per heavy atom. The molecule has 0 saturated heterocycles. The second-order valence-electron chi connectivity index (χ2n) is 13.2. The van der Waals surface area contributed by atoms with Gasteiger partial charge >= 0.3 is 0 Å². The van der Waals surface area contributed by atoms with Crippen LogP contribution in [0.25, 0.3) is 76.5 Å². The van der Waals surface area contributed by atoms with Crippen LogP contribution >= 0.6 is 0 Å². The highest BCUT2D eigenvalue weighted by molar-refractivity contribution is 6.16. The maximum absolute atomic E-state index is 9.44. The summed E-state index contributed by atoms with van der Waals surface area (Å²) in [5, 5.41) is 23.1. The van der Waals surface area contributed by atoms with Crippen LogP contribution in [0.5, 0.6) is 5.75 Å². The second-order valence-corrected chi connectivity index (χ2v) is 13.2. The highest BCUT2D eigenvalue weighted by atomic mass is 16.5. The molecule has 0 saturated carbocycles. The Bertz CT molecular complexity index is 2860. The zero-order chi connectivity index (χ0) is 33.9. The molecule has 51 heavy (non-hydrogen) atoms. The lowest BCUT2D eigenvalue weighted by Gasteiger charge is -2.16. The van der Waals surface area contributed by atoms with E-state index in [1.165, 1.54) is 54.2 Å². The maximum atomic E-state index is 9.44. The van der Waals surface area contributed by atoms with Crippen molar-refractivity contribution in [1.29, 1.82) is 5.26 Å². The normalized spacial score (nSPS) is 13.6. The SMILES string of the molecule is N#Cc1ccc(-c2cc3c(c(-c4cc5ccccc5c5ccccc45)c2)NC(c2ccc(-c4cc5ccccc5c5ccccc45)cc2)O3)cc1. The lowest BCUT2D eigenvalue weighted by atomic mass is 9.90. The Labute approximate surface area is 295 Å². The van der Waals surface area contributed by atoms with Gasteiger partial charge < -0.3 is 10.1 Å². The van der Waals surface area contributed by atoms with Gasteiger partial charge in [0.25, 0.3) is 0 Å². The van der Waals surface area contributed by atoms with Crippen molar-refractivity contribution in [3.8, 4) is 45.2 Å². The predicted molar refractivity (Wildman–Crippen MR) is 211 cm³/mol. The van der Waals surface area contributed by atoms with Gasteiger partial charge in [-0.3, -0.25) is 0 Å². The number of fused-ring (bicyclic) bond motifs is 7. The quantitative estimate of drug-likeness (QED) is 0.193. The highest BCUT2D eigenvalue weighted by Crippen LogP contribution is 2.49. The lowest BCUT2D eigenvalue weighted by Crippen LogP contribution is -2.10. The molecule has 9 aromatic rings. The zero-order valence-electron chi connectivity index (χ0n) is 27.6. The number of hydrogen-bond acceptors (Lipinski definition) is 3. The summed E-state index contributed by atoms with van der Waals surface area (Å²) >= 11 is 0. The summed E-state index contributed by atoms with van der Waals surface area (Å²) in [4.78, 5) is 0. The minimum absolute atomic E-state index is 0.357. The molecular weight excluding hydrogens is 621 g/mol. The molecule has 0 amide bonds. The number of rotatable bonds is 4. The van der Waals surface area contributed by atoms with Crippen molar-refractivity contribution in [1.82, 2.24) is 0 Å². The Morgan fingerprint density at radius 2 is 0.980 bits per heavy atom. The monoisotopic (exact) mass is 650 g/mol. The molecule has 3 heteroatoms. The van der Waals surface area contributed by atoms with Crippen molar-refractivity contribution in [2.75, 3.05) is 5.32 Å². The predicted octanol–water partition coefficient (Wildman–Crippen LogP) is 12.7. The Hall–Kier alpha value is -6.89. The standard InChI is InChI=1S/C48H30N2O/c49-29-30-17-19-31(20-18-30)36-27-45(44-26-35-10-2-4-12-38(35)40-14-6-8-16-42(40)44)47-46(28-36)51-48(50-47)33-23-21-32(22-24-33)43-25-34-9-1-3-11-37(34)39-13-5-7-15-41(39)43/h1-28,48,50H. The molecule has 9 aromatic carbocycles. The number of benzene rings is 9. The van der Waals surface area contributed by atoms with Crippen LogP contribution in [0, 0.1) is 11.3 Å². The third kappa shape index (κ3) is 4.81. The van der Waals surface area contributed by atoms with Crippen LogP contribution in [0.3, 0.4) is 0 Å². The first kappa shape index (κ1) is 29.1. The molecule has 238 valence electrons. The van der Waals surface area contributed by atoms with E-state index in [-0.39, 0.29) is 6.23 Å². The van der Waals surface area contributed by atoms with Crippen molar-refractivity contribution < 1.29 is 4.74 Å². The number of hydrogen-bond donors (Lipinski definition) is 1. The molecule has 0 bridgehead atoms. The summed E-state index contributed by atoms with van der Waals surface area (Å²) in [5.41, 5.74) is 9.34. The van der Waals surface area contributed by atoms with Gasteiger partial charge in [0.05, 0.1) is 17.3 Å². The van der Waals surface area contributed by atoms with Gasteiger partial charge in [0, 0.05) is 11.1 Å². The van der Waals surface area contributed by atoms with Crippen LogP contribution in [-0.4, -0.2) is 0 Å². The molecule has 0 radical (unpaired) electrons. The van der Waals surface area contributed by atoms with Crippen molar-refractivity contribution in [2.45, 2.75) is 6.23 Å². The number of nitrogens with one attached hydrogen (secondary N) is 1. The molecule has 1 heterocycles. The summed E-state index contributed by atoms with van der Waals surface area (Å²) in [6.07, 6.45) is -0.357. The van der Waals surface area contributed by atoms with Gasteiger partial charge in [-0.2, -0.15) is 5.26 Å². The van der Waals surface area contributed by atoms with Crippen LogP contribution < -0.4 is 10.1 Å². The minimum Gasteiger partial charge on any atom is -0.464 e. The molecule has 3 nitrogen and oxygen atoms in total. The van der Waals surface area contributed by atoms with Gasteiger partial charge in [-0.05, 0) is 107 Å². The number of nitrogens with zero attached hydrogens (tertiary/aromatic N) is 1. The molecular formula is C48H30N2O. The Kier molecular flexibility index (Phi) is 6.62. The molecule has 1 aliphatic rings. The summed E-state index contributed by atoms with van der Waals surface area (Å²) in [6.45, 7) is 0. The van der Waals surface area contributed by atoms with Gasteiger partial charge in [-0.15, -0.1) is 0 Å². The van der Waals surface area contributed by atoms with Crippen LogP contribution in [0.1, 0.15) is 17.4 Å². The van der Waals surface area contributed by atoms with E-state index >= 15 is 0 Å². The summed E-state index contributed by atoms with van der Waals surface area (Å²) in [5.74, 6) is 0.804. The van der Waals surface area contributed by atoms with Gasteiger partial charge in [0.2, 0.25) is 0 Å². The molecule has 0 spiro atoms. The first-order valence-corrected chi connectivity index (χ1v) is 17.3. The smallest absolute Gasteiger partial charge is 0.196 e. The minimum atomic E-state index is -0.357. The highest BCUT2D eigenvalue weighted by Gasteiger charge is 2.28. The van der Waals surface area contributed by atoms with E-state index < -0.39 is 0 Å². The third-order valence-corrected chi connectivity index (χ3v) is 10.3. The maximum Gasteiger partial charge on any atom is 0.196 e. The summed E-state index contributed by atoms with van der Waals surface area (Å²) in [6, 6.07) is 62.2. The average Bonchev–Trinajstić information content (AvgIpc) is 3.65. The van der Waals surface area contributed by atoms with Gasteiger partial charge in [-0.1, -0.05) is 133 Å². The average molecular weight is 651 g/mol. The van der Waals surface area contributed by atoms with Crippen LogP contribution in [0.2, 0.25) is 0 Å². The topological polar surface area (TPSA) is 45.0 Å². The van der Waals surface area contributed by atoms with Crippen molar-refractivity contribution in [3.63, 3.8) is 0 Å². The molecule has 1 aliphatic heterocycles. The molecule has 1 N–H and O–H groups in total. The van der Waals surface area contributed by atoms with Gasteiger partial charge in [-0.25, -0.2) is 0 Å². The molecule has 10 rings (SSSR count). The Balaban J connectivity index is 1.09. The van der Waals surface area contributed by atoms with Crippen molar-refractivity contribution >= 4 is 48.8 Å². The molecule has 1 atom stereocenters. The fourth-order valence-corrected chi connectivity index (χ4v) is 7.82. The van der Waals surface area contributed by atoms with Crippen molar-refractivity contribution in [2.24, 2.45) is 0 Å². The first-order valence-electron chi connectivity index (χ1n) is 17.3. The van der Waals surface area contributed by atoms with E-state index in [4.69, 9.17) is 4.74 Å². The van der Waals surface area contributed by atoms with E-state index in [2.05, 4.69) is 157 Å². The molecule has 0 aliphatic carbocycles. The second kappa shape index (κ2) is 11.6. The van der Waals surface area contributed by atoms with E-state index in [1.54, 1.807) is 0 Å². The van der Waals surface area contributed by atoms with Crippen LogP contribution in [0.4, 0.5) is 5.69 Å². The zero-order valence-corrected chi connectivity index (χ0v) is 27.6. The number of nitriles is 1. The van der Waals surface area contributed by atoms with Crippen LogP contribution in [-0.2, 0) is 0 Å². The fourth-order valence-electron chi connectivity index (χ4n) is 7.82. The Morgan fingerprint density at radius 3 is 1.61 bits per heavy atom. The van der Waals surface area contributed by atoms with Gasteiger partial charge in [0.15, 0.2) is 6.23 Å².